The molecule has 32 heavy (non-hydrogen) atoms. The molecule has 0 radical (unpaired) electrons. The molecule has 2 heterocycles. The summed E-state index contributed by atoms with van der Waals surface area (Å²) in [4.78, 5) is 17.0. The van der Waals surface area contributed by atoms with Gasteiger partial charge in [-0.25, -0.2) is 4.68 Å². The van der Waals surface area contributed by atoms with Gasteiger partial charge in [-0.1, -0.05) is 23.7 Å². The number of carbonyl (C=O) groups excluding carboxylic acids is 1. The molecule has 0 unspecified atom stereocenters. The lowest BCUT2D eigenvalue weighted by atomic mass is 10.2. The Morgan fingerprint density at radius 1 is 1.06 bits per heavy atom. The van der Waals surface area contributed by atoms with Crippen LogP contribution in [0.1, 0.15) is 10.4 Å². The van der Waals surface area contributed by atoms with Crippen molar-refractivity contribution < 1.29 is 19.0 Å². The molecule has 4 aromatic rings. The minimum atomic E-state index is -0.285. The van der Waals surface area contributed by atoms with Crippen LogP contribution in [0, 0.1) is 0 Å². The predicted molar refractivity (Wildman–Crippen MR) is 119 cm³/mol. The average Bonchev–Trinajstić information content (AvgIpc) is 3.46. The number of fused-ring (bicyclic) bond motifs is 1. The van der Waals surface area contributed by atoms with Gasteiger partial charge < -0.3 is 19.5 Å². The number of halogens is 1. The molecule has 0 aliphatic carbocycles. The molecule has 1 N–H and O–H groups in total. The van der Waals surface area contributed by atoms with Crippen molar-refractivity contribution in [2.45, 2.75) is 0 Å². The topological polar surface area (TPSA) is 87.5 Å². The van der Waals surface area contributed by atoms with E-state index in [0.29, 0.717) is 33.6 Å². The average molecular weight is 449 g/mol. The predicted octanol–water partition coefficient (Wildman–Crippen LogP) is 4.58. The number of nitrogens with zero attached hydrogens (tertiary/aromatic N) is 3. The zero-order valence-corrected chi connectivity index (χ0v) is 17.7. The standard InChI is InChI=1S/C23H17ClN4O4/c1-30-23-26-21(14-6-11-19-20(12-14)32-13-31-19)28(27-23)16-9-7-15(8-10-16)25-22(29)17-4-2-3-5-18(17)24/h2-12H,13H2,1H3,(H,25,29). The van der Waals surface area contributed by atoms with Crippen molar-refractivity contribution in [3.8, 4) is 34.6 Å². The van der Waals surface area contributed by atoms with E-state index >= 15 is 0 Å². The zero-order valence-electron chi connectivity index (χ0n) is 16.9. The number of rotatable bonds is 5. The summed E-state index contributed by atoms with van der Waals surface area (Å²) in [7, 11) is 1.51. The van der Waals surface area contributed by atoms with Gasteiger partial charge in [-0.15, -0.1) is 5.10 Å². The Morgan fingerprint density at radius 2 is 1.84 bits per heavy atom. The van der Waals surface area contributed by atoms with Gasteiger partial charge in [-0.2, -0.15) is 4.98 Å². The fourth-order valence-electron chi connectivity index (χ4n) is 3.31. The Morgan fingerprint density at radius 3 is 2.62 bits per heavy atom. The van der Waals surface area contributed by atoms with Crippen LogP contribution >= 0.6 is 11.6 Å². The third kappa shape index (κ3) is 3.72. The molecule has 1 amide bonds. The molecule has 0 saturated carbocycles. The number of hydrogen-bond donors (Lipinski definition) is 1. The molecule has 9 heteroatoms. The van der Waals surface area contributed by atoms with Crippen molar-refractivity contribution in [3.63, 3.8) is 0 Å². The Kier molecular flexibility index (Phi) is 5.12. The number of hydrogen-bond acceptors (Lipinski definition) is 6. The highest BCUT2D eigenvalue weighted by atomic mass is 35.5. The first-order valence-electron chi connectivity index (χ1n) is 9.70. The molecule has 1 aromatic heterocycles. The van der Waals surface area contributed by atoms with Crippen molar-refractivity contribution in [2.24, 2.45) is 0 Å². The van der Waals surface area contributed by atoms with E-state index in [4.69, 9.17) is 25.8 Å². The molecule has 0 spiro atoms. The maximum atomic E-state index is 12.5. The normalized spacial score (nSPS) is 11.9. The molecule has 0 saturated heterocycles. The quantitative estimate of drug-likeness (QED) is 0.481. The number of benzene rings is 3. The van der Waals surface area contributed by atoms with E-state index in [9.17, 15) is 4.79 Å². The first kappa shape index (κ1) is 19.9. The van der Waals surface area contributed by atoms with Crippen LogP contribution in [0.3, 0.4) is 0 Å². The molecule has 0 fully saturated rings. The molecule has 1 aliphatic rings. The molecule has 3 aromatic carbocycles. The van der Waals surface area contributed by atoms with E-state index in [0.717, 1.165) is 11.3 Å². The number of anilines is 1. The monoisotopic (exact) mass is 448 g/mol. The summed E-state index contributed by atoms with van der Waals surface area (Å²) in [6.07, 6.45) is 0. The largest absolute Gasteiger partial charge is 0.466 e. The van der Waals surface area contributed by atoms with Gasteiger partial charge in [0, 0.05) is 11.3 Å². The van der Waals surface area contributed by atoms with Crippen LogP contribution < -0.4 is 19.5 Å². The first-order chi connectivity index (χ1) is 15.6. The molecule has 1 aliphatic heterocycles. The molecule has 0 atom stereocenters. The number of methoxy groups -OCH3 is 1. The number of nitrogens with one attached hydrogen (secondary N) is 1. The highest BCUT2D eigenvalue weighted by Gasteiger charge is 2.19. The highest BCUT2D eigenvalue weighted by molar-refractivity contribution is 6.34. The van der Waals surface area contributed by atoms with Crippen molar-refractivity contribution in [2.75, 3.05) is 19.2 Å². The van der Waals surface area contributed by atoms with Crippen LogP contribution in [0.4, 0.5) is 5.69 Å². The first-order valence-corrected chi connectivity index (χ1v) is 10.1. The van der Waals surface area contributed by atoms with Gasteiger partial charge in [-0.3, -0.25) is 4.79 Å². The summed E-state index contributed by atoms with van der Waals surface area (Å²) in [6, 6.07) is 19.9. The molecule has 5 rings (SSSR count). The van der Waals surface area contributed by atoms with Gasteiger partial charge in [0.2, 0.25) is 6.79 Å². The van der Waals surface area contributed by atoms with Crippen molar-refractivity contribution >= 4 is 23.2 Å². The van der Waals surface area contributed by atoms with Crippen LogP contribution in [-0.4, -0.2) is 34.6 Å². The highest BCUT2D eigenvalue weighted by Crippen LogP contribution is 2.36. The number of aromatic nitrogens is 3. The second-order valence-corrected chi connectivity index (χ2v) is 7.29. The fourth-order valence-corrected chi connectivity index (χ4v) is 3.53. The van der Waals surface area contributed by atoms with Crippen molar-refractivity contribution in [1.29, 1.82) is 0 Å². The van der Waals surface area contributed by atoms with E-state index in [1.165, 1.54) is 7.11 Å². The van der Waals surface area contributed by atoms with Crippen LogP contribution in [0.15, 0.2) is 66.7 Å². The lowest BCUT2D eigenvalue weighted by molar-refractivity contribution is 0.102. The summed E-state index contributed by atoms with van der Waals surface area (Å²) in [6.45, 7) is 0.191. The lowest BCUT2D eigenvalue weighted by Crippen LogP contribution is -2.12. The van der Waals surface area contributed by atoms with Gasteiger partial charge in [-0.05, 0) is 54.6 Å². The number of carbonyl (C=O) groups is 1. The molecular weight excluding hydrogens is 432 g/mol. The van der Waals surface area contributed by atoms with Crippen LogP contribution in [0.2, 0.25) is 5.02 Å². The van der Waals surface area contributed by atoms with Gasteiger partial charge in [0.1, 0.15) is 0 Å². The fraction of sp³-hybridized carbons (Fsp3) is 0.0870. The van der Waals surface area contributed by atoms with E-state index in [1.54, 1.807) is 41.1 Å². The summed E-state index contributed by atoms with van der Waals surface area (Å²) in [5.74, 6) is 1.62. The Balaban J connectivity index is 1.43. The molecule has 0 bridgehead atoms. The second kappa shape index (κ2) is 8.24. The lowest BCUT2D eigenvalue weighted by Gasteiger charge is -2.09. The smallest absolute Gasteiger partial charge is 0.336 e. The SMILES string of the molecule is COc1nc(-c2ccc3c(c2)OCO3)n(-c2ccc(NC(=O)c3ccccc3Cl)cc2)n1. The van der Waals surface area contributed by atoms with E-state index in [1.807, 2.05) is 30.3 Å². The van der Waals surface area contributed by atoms with Crippen molar-refractivity contribution in [1.82, 2.24) is 14.8 Å². The van der Waals surface area contributed by atoms with Crippen LogP contribution in [-0.2, 0) is 0 Å². The second-order valence-electron chi connectivity index (χ2n) is 6.88. The third-order valence-electron chi connectivity index (χ3n) is 4.89. The van der Waals surface area contributed by atoms with Gasteiger partial charge >= 0.3 is 6.01 Å². The van der Waals surface area contributed by atoms with E-state index in [-0.39, 0.29) is 18.7 Å². The van der Waals surface area contributed by atoms with Crippen molar-refractivity contribution in [3.05, 3.63) is 77.3 Å². The van der Waals surface area contributed by atoms with Gasteiger partial charge in [0.15, 0.2) is 17.3 Å². The van der Waals surface area contributed by atoms with Gasteiger partial charge in [0.05, 0.1) is 23.4 Å². The van der Waals surface area contributed by atoms with Crippen LogP contribution in [0.5, 0.6) is 17.5 Å². The van der Waals surface area contributed by atoms with E-state index < -0.39 is 0 Å². The summed E-state index contributed by atoms with van der Waals surface area (Å²) in [5, 5.41) is 7.66. The van der Waals surface area contributed by atoms with Crippen LogP contribution in [0.25, 0.3) is 17.1 Å². The van der Waals surface area contributed by atoms with E-state index in [2.05, 4.69) is 15.4 Å². The van der Waals surface area contributed by atoms with Gasteiger partial charge in [0.25, 0.3) is 5.91 Å². The third-order valence-corrected chi connectivity index (χ3v) is 5.22. The molecule has 8 nitrogen and oxygen atoms in total. The minimum Gasteiger partial charge on any atom is -0.466 e. The Bertz CT molecular complexity index is 1300. The summed E-state index contributed by atoms with van der Waals surface area (Å²) in [5.41, 5.74) is 2.56. The minimum absolute atomic E-state index is 0.191. The Hall–Kier alpha value is -4.04. The molecular formula is C23H17ClN4O4. The number of ether oxygens (including phenoxy) is 3. The Labute approximate surface area is 188 Å². The maximum absolute atomic E-state index is 12.5. The number of amides is 1. The summed E-state index contributed by atoms with van der Waals surface area (Å²) < 4.78 is 17.8. The zero-order chi connectivity index (χ0) is 22.1. The summed E-state index contributed by atoms with van der Waals surface area (Å²) >= 11 is 6.11. The maximum Gasteiger partial charge on any atom is 0.336 e. The molecule has 160 valence electrons.